The maximum atomic E-state index is 12.3. The molecule has 0 saturated carbocycles. The third-order valence-electron chi connectivity index (χ3n) is 4.01. The summed E-state index contributed by atoms with van der Waals surface area (Å²) in [5.74, 6) is 1.14. The summed E-state index contributed by atoms with van der Waals surface area (Å²) in [6.45, 7) is 2.35. The van der Waals surface area contributed by atoms with E-state index in [1.54, 1.807) is 11.2 Å². The number of hydrogen-bond acceptors (Lipinski definition) is 7. The van der Waals surface area contributed by atoms with Crippen LogP contribution in [0.2, 0.25) is 0 Å². The molecule has 4 rings (SSSR count). The molecule has 2 N–H and O–H groups in total. The predicted molar refractivity (Wildman–Crippen MR) is 86.5 cm³/mol. The van der Waals surface area contributed by atoms with Crippen LogP contribution in [0, 0.1) is 0 Å². The number of amides is 1. The van der Waals surface area contributed by atoms with E-state index in [0.29, 0.717) is 32.0 Å². The number of anilines is 1. The Morgan fingerprint density at radius 3 is 2.44 bits per heavy atom. The smallest absolute Gasteiger partial charge is 0.323 e. The fourth-order valence-corrected chi connectivity index (χ4v) is 2.69. The number of nitrogens with one attached hydrogen (secondary N) is 2. The van der Waals surface area contributed by atoms with Crippen LogP contribution in [-0.2, 0) is 0 Å². The van der Waals surface area contributed by atoms with Crippen LogP contribution >= 0.6 is 0 Å². The van der Waals surface area contributed by atoms with E-state index in [1.807, 2.05) is 12.1 Å². The quantitative estimate of drug-likeness (QED) is 0.627. The highest BCUT2D eigenvalue weighted by molar-refractivity contribution is 5.92. The minimum absolute atomic E-state index is 0.189. The molecule has 25 heavy (non-hydrogen) atoms. The summed E-state index contributed by atoms with van der Waals surface area (Å²) in [6.07, 6.45) is 4.38. The molecule has 0 atom stereocenters. The molecule has 4 heterocycles. The average Bonchev–Trinajstić information content (AvgIpc) is 3.33. The molecule has 0 aliphatic carbocycles. The molecule has 0 radical (unpaired) electrons. The zero-order valence-corrected chi connectivity index (χ0v) is 13.2. The van der Waals surface area contributed by atoms with Gasteiger partial charge in [0.2, 0.25) is 0 Å². The van der Waals surface area contributed by atoms with Gasteiger partial charge in [0.05, 0.1) is 0 Å². The van der Waals surface area contributed by atoms with E-state index >= 15 is 0 Å². The van der Waals surface area contributed by atoms with Crippen molar-refractivity contribution < 1.29 is 4.79 Å². The second-order valence-electron chi connectivity index (χ2n) is 5.53. The summed E-state index contributed by atoms with van der Waals surface area (Å²) in [6, 6.07) is 3.68. The Morgan fingerprint density at radius 2 is 1.84 bits per heavy atom. The van der Waals surface area contributed by atoms with Crippen LogP contribution < -0.4 is 10.6 Å². The van der Waals surface area contributed by atoms with Gasteiger partial charge in [-0.2, -0.15) is 5.10 Å². The number of imidazole rings is 1. The lowest BCUT2D eigenvalue weighted by atomic mass is 10.3. The van der Waals surface area contributed by atoms with Gasteiger partial charge in [0.25, 0.3) is 5.91 Å². The Labute approximate surface area is 141 Å². The molecule has 11 heteroatoms. The normalized spacial score (nSPS) is 14.7. The first kappa shape index (κ1) is 15.1. The number of carbonyl (C=O) groups excluding carboxylic acids is 1. The van der Waals surface area contributed by atoms with Gasteiger partial charge in [-0.25, -0.2) is 14.5 Å². The number of carbonyl (C=O) groups is 1. The van der Waals surface area contributed by atoms with Crippen LogP contribution in [0.1, 0.15) is 10.5 Å². The SMILES string of the molecule is O=C(c1c[nH]c(=O)[nH]1)N1CCN(c2ccc(-n3cncn3)nn2)CC1. The van der Waals surface area contributed by atoms with E-state index in [2.05, 4.69) is 35.1 Å². The lowest BCUT2D eigenvalue weighted by Crippen LogP contribution is -2.49. The molecule has 1 amide bonds. The van der Waals surface area contributed by atoms with Crippen molar-refractivity contribution in [1.29, 1.82) is 0 Å². The zero-order valence-electron chi connectivity index (χ0n) is 13.2. The molecule has 1 saturated heterocycles. The van der Waals surface area contributed by atoms with Crippen molar-refractivity contribution in [3.05, 3.63) is 47.2 Å². The first-order valence-corrected chi connectivity index (χ1v) is 7.71. The number of rotatable bonds is 3. The molecule has 1 aliphatic heterocycles. The molecule has 1 fully saturated rings. The van der Waals surface area contributed by atoms with Gasteiger partial charge < -0.3 is 19.8 Å². The van der Waals surface area contributed by atoms with Crippen LogP contribution in [0.5, 0.6) is 0 Å². The summed E-state index contributed by atoms with van der Waals surface area (Å²) in [4.78, 5) is 36.0. The Morgan fingerprint density at radius 1 is 1.08 bits per heavy atom. The minimum Gasteiger partial charge on any atom is -0.352 e. The molecule has 3 aromatic rings. The first-order valence-electron chi connectivity index (χ1n) is 7.71. The lowest BCUT2D eigenvalue weighted by molar-refractivity contribution is 0.0741. The number of aromatic nitrogens is 7. The highest BCUT2D eigenvalue weighted by Crippen LogP contribution is 2.14. The molecule has 0 spiro atoms. The molecular formula is C14H15N9O2. The van der Waals surface area contributed by atoms with E-state index in [0.717, 1.165) is 5.82 Å². The average molecular weight is 341 g/mol. The number of nitrogens with zero attached hydrogens (tertiary/aromatic N) is 7. The zero-order chi connectivity index (χ0) is 17.2. The lowest BCUT2D eigenvalue weighted by Gasteiger charge is -2.34. The fourth-order valence-electron chi connectivity index (χ4n) is 2.69. The molecule has 3 aromatic heterocycles. The standard InChI is InChI=1S/C14H15N9O2/c24-13(10-7-16-14(25)18-10)22-5-3-21(4-6-22)11-1-2-12(20-19-11)23-9-15-8-17-23/h1-2,7-9H,3-6H2,(H2,16,18,25). The Hall–Kier alpha value is -3.50. The van der Waals surface area contributed by atoms with Crippen molar-refractivity contribution in [2.75, 3.05) is 31.1 Å². The predicted octanol–water partition coefficient (Wildman–Crippen LogP) is -0.964. The van der Waals surface area contributed by atoms with Crippen LogP contribution in [0.3, 0.4) is 0 Å². The maximum absolute atomic E-state index is 12.3. The number of piperazine rings is 1. The van der Waals surface area contributed by atoms with E-state index in [4.69, 9.17) is 0 Å². The van der Waals surface area contributed by atoms with Crippen molar-refractivity contribution in [2.45, 2.75) is 0 Å². The van der Waals surface area contributed by atoms with Gasteiger partial charge in [-0.05, 0) is 12.1 Å². The summed E-state index contributed by atoms with van der Waals surface area (Å²) < 4.78 is 1.53. The second-order valence-corrected chi connectivity index (χ2v) is 5.53. The second kappa shape index (κ2) is 6.19. The Balaban J connectivity index is 1.40. The molecule has 0 bridgehead atoms. The van der Waals surface area contributed by atoms with Crippen LogP contribution in [-0.4, -0.2) is 71.9 Å². The van der Waals surface area contributed by atoms with Crippen molar-refractivity contribution in [3.8, 4) is 5.82 Å². The number of hydrogen-bond donors (Lipinski definition) is 2. The monoisotopic (exact) mass is 341 g/mol. The van der Waals surface area contributed by atoms with Gasteiger partial charge in [0.15, 0.2) is 11.6 Å². The van der Waals surface area contributed by atoms with Crippen molar-refractivity contribution in [2.24, 2.45) is 0 Å². The fraction of sp³-hybridized carbons (Fsp3) is 0.286. The Bertz CT molecular complexity index is 904. The highest BCUT2D eigenvalue weighted by Gasteiger charge is 2.24. The molecule has 11 nitrogen and oxygen atoms in total. The van der Waals surface area contributed by atoms with Crippen molar-refractivity contribution in [3.63, 3.8) is 0 Å². The molecule has 1 aliphatic rings. The van der Waals surface area contributed by atoms with E-state index in [1.165, 1.54) is 17.2 Å². The van der Waals surface area contributed by atoms with Crippen LogP contribution in [0.4, 0.5) is 5.82 Å². The van der Waals surface area contributed by atoms with Gasteiger partial charge >= 0.3 is 5.69 Å². The number of aromatic amines is 2. The van der Waals surface area contributed by atoms with Gasteiger partial charge in [-0.15, -0.1) is 10.2 Å². The van der Waals surface area contributed by atoms with Gasteiger partial charge in [-0.3, -0.25) is 4.79 Å². The van der Waals surface area contributed by atoms with Crippen LogP contribution in [0.15, 0.2) is 35.8 Å². The molecular weight excluding hydrogens is 326 g/mol. The topological polar surface area (TPSA) is 129 Å². The summed E-state index contributed by atoms with van der Waals surface area (Å²) >= 11 is 0. The summed E-state index contributed by atoms with van der Waals surface area (Å²) in [5, 5.41) is 12.4. The van der Waals surface area contributed by atoms with E-state index < -0.39 is 0 Å². The molecule has 0 aromatic carbocycles. The van der Waals surface area contributed by atoms with E-state index in [9.17, 15) is 9.59 Å². The maximum Gasteiger partial charge on any atom is 0.323 e. The van der Waals surface area contributed by atoms with E-state index in [-0.39, 0.29) is 17.3 Å². The summed E-state index contributed by atoms with van der Waals surface area (Å²) in [7, 11) is 0. The van der Waals surface area contributed by atoms with Gasteiger partial charge in [-0.1, -0.05) is 0 Å². The largest absolute Gasteiger partial charge is 0.352 e. The van der Waals surface area contributed by atoms with Gasteiger partial charge in [0.1, 0.15) is 18.3 Å². The van der Waals surface area contributed by atoms with Crippen LogP contribution in [0.25, 0.3) is 5.82 Å². The number of H-pyrrole nitrogens is 2. The van der Waals surface area contributed by atoms with Crippen molar-refractivity contribution >= 4 is 11.7 Å². The Kier molecular flexibility index (Phi) is 3.72. The third-order valence-corrected chi connectivity index (χ3v) is 4.01. The van der Waals surface area contributed by atoms with Gasteiger partial charge in [0, 0.05) is 32.4 Å². The first-order chi connectivity index (χ1) is 12.2. The summed E-state index contributed by atoms with van der Waals surface area (Å²) in [5.41, 5.74) is -0.111. The molecule has 128 valence electrons. The molecule has 0 unspecified atom stereocenters. The third kappa shape index (κ3) is 2.98. The minimum atomic E-state index is -0.385. The van der Waals surface area contributed by atoms with Crippen molar-refractivity contribution in [1.82, 2.24) is 39.8 Å². The highest BCUT2D eigenvalue weighted by atomic mass is 16.2.